The van der Waals surface area contributed by atoms with E-state index in [-0.39, 0.29) is 17.0 Å². The second kappa shape index (κ2) is 5.77. The molecule has 4 atom stereocenters. The van der Waals surface area contributed by atoms with E-state index in [2.05, 4.69) is 26.1 Å². The molecule has 6 N–H and O–H groups in total. The Morgan fingerprint density at radius 2 is 2.12 bits per heavy atom. The predicted octanol–water partition coefficient (Wildman–Crippen LogP) is -0.784. The van der Waals surface area contributed by atoms with E-state index < -0.39 is 38.1 Å². The van der Waals surface area contributed by atoms with Crippen molar-refractivity contribution in [3.63, 3.8) is 0 Å². The normalized spacial score (nSPS) is 27.6. The molecule has 0 radical (unpaired) electrons. The van der Waals surface area contributed by atoms with E-state index in [1.165, 1.54) is 17.2 Å². The van der Waals surface area contributed by atoms with Crippen molar-refractivity contribution in [1.82, 2.24) is 19.5 Å². The number of fused-ring (bicyclic) bond motifs is 1. The van der Waals surface area contributed by atoms with E-state index in [1.807, 2.05) is 0 Å². The van der Waals surface area contributed by atoms with E-state index in [9.17, 15) is 14.8 Å². The highest BCUT2D eigenvalue weighted by Gasteiger charge is 2.50. The van der Waals surface area contributed by atoms with Gasteiger partial charge in [0.2, 0.25) is 0 Å². The van der Waals surface area contributed by atoms with Crippen molar-refractivity contribution >= 4 is 24.8 Å². The van der Waals surface area contributed by atoms with E-state index in [4.69, 9.17) is 20.3 Å². The summed E-state index contributed by atoms with van der Waals surface area (Å²) in [6.45, 7) is 3.26. The number of imidazole rings is 1. The maximum absolute atomic E-state index is 11.1. The predicted molar refractivity (Wildman–Crippen MR) is 78.3 cm³/mol. The quantitative estimate of drug-likeness (QED) is 0.340. The standard InChI is InChI=1S/C11H14N5O7P/c1-4(17)7-8(23-24(19,20)21)6(18)11(22-7)16-3-15-5-9(12)13-2-14-10(5)16/h2-3,6-8,11,17-18H,1H2,(H2,12,13,14)(H2,19,20,21)/t6-,7-,8+,11-/m1/s1. The number of nitrogens with zero attached hydrogens (tertiary/aromatic N) is 4. The Kier molecular flexibility index (Phi) is 4.03. The molecule has 0 unspecified atom stereocenters. The van der Waals surface area contributed by atoms with E-state index in [1.54, 1.807) is 0 Å². The van der Waals surface area contributed by atoms with Gasteiger partial charge in [0.05, 0.1) is 6.33 Å². The van der Waals surface area contributed by atoms with Crippen LogP contribution in [-0.2, 0) is 13.8 Å². The fourth-order valence-corrected chi connectivity index (χ4v) is 3.03. The van der Waals surface area contributed by atoms with Crippen LogP contribution in [0.5, 0.6) is 0 Å². The third-order valence-corrected chi connectivity index (χ3v) is 3.98. The fraction of sp³-hybridized carbons (Fsp3) is 0.364. The van der Waals surface area contributed by atoms with Gasteiger partial charge in [0.25, 0.3) is 0 Å². The molecular weight excluding hydrogens is 345 g/mol. The molecule has 12 nitrogen and oxygen atoms in total. The molecule has 0 spiro atoms. The van der Waals surface area contributed by atoms with Crippen molar-refractivity contribution in [3.8, 4) is 0 Å². The van der Waals surface area contributed by atoms with Gasteiger partial charge in [-0.3, -0.25) is 9.09 Å². The van der Waals surface area contributed by atoms with Crippen molar-refractivity contribution < 1.29 is 33.8 Å². The lowest BCUT2D eigenvalue weighted by Crippen LogP contribution is -2.34. The highest BCUT2D eigenvalue weighted by molar-refractivity contribution is 7.46. The summed E-state index contributed by atoms with van der Waals surface area (Å²) in [7, 11) is -4.95. The molecule has 13 heteroatoms. The number of nitrogens with two attached hydrogens (primary N) is 1. The van der Waals surface area contributed by atoms with Gasteiger partial charge in [-0.2, -0.15) is 0 Å². The summed E-state index contributed by atoms with van der Waals surface area (Å²) in [5.41, 5.74) is 6.16. The molecule has 3 heterocycles. The summed E-state index contributed by atoms with van der Waals surface area (Å²) in [4.78, 5) is 29.7. The van der Waals surface area contributed by atoms with Gasteiger partial charge in [-0.15, -0.1) is 0 Å². The van der Waals surface area contributed by atoms with Crippen LogP contribution in [0, 0.1) is 0 Å². The first-order chi connectivity index (χ1) is 11.2. The van der Waals surface area contributed by atoms with Gasteiger partial charge in [0.15, 0.2) is 17.7 Å². The molecule has 1 fully saturated rings. The first kappa shape index (κ1) is 16.8. The van der Waals surface area contributed by atoms with Crippen molar-refractivity contribution in [1.29, 1.82) is 0 Å². The van der Waals surface area contributed by atoms with Gasteiger partial charge in [0.1, 0.15) is 35.9 Å². The topological polar surface area (TPSA) is 186 Å². The van der Waals surface area contributed by atoms with Crippen LogP contribution in [0.2, 0.25) is 0 Å². The van der Waals surface area contributed by atoms with Crippen molar-refractivity contribution in [2.75, 3.05) is 5.73 Å². The van der Waals surface area contributed by atoms with E-state index in [0.717, 1.165) is 0 Å². The second-order valence-electron chi connectivity index (χ2n) is 5.07. The minimum atomic E-state index is -4.95. The molecule has 130 valence electrons. The monoisotopic (exact) mass is 359 g/mol. The van der Waals surface area contributed by atoms with Crippen LogP contribution in [0.25, 0.3) is 11.2 Å². The summed E-state index contributed by atoms with van der Waals surface area (Å²) >= 11 is 0. The molecule has 24 heavy (non-hydrogen) atoms. The van der Waals surface area contributed by atoms with Crippen LogP contribution in [0.1, 0.15) is 6.23 Å². The van der Waals surface area contributed by atoms with Crippen LogP contribution in [0.15, 0.2) is 25.0 Å². The third kappa shape index (κ3) is 2.86. The number of phosphoric acid groups is 1. The van der Waals surface area contributed by atoms with Crippen molar-refractivity contribution in [3.05, 3.63) is 25.0 Å². The lowest BCUT2D eigenvalue weighted by Gasteiger charge is -2.20. The summed E-state index contributed by atoms with van der Waals surface area (Å²) in [5.74, 6) is -0.453. The Hall–Kier alpha value is -2.08. The zero-order valence-electron chi connectivity index (χ0n) is 12.0. The van der Waals surface area contributed by atoms with Crippen LogP contribution >= 0.6 is 7.82 Å². The number of hydrogen-bond acceptors (Lipinski definition) is 9. The van der Waals surface area contributed by atoms with Crippen LogP contribution in [-0.4, -0.2) is 57.8 Å². The highest BCUT2D eigenvalue weighted by atomic mass is 31.2. The van der Waals surface area contributed by atoms with Gasteiger partial charge in [-0.1, -0.05) is 6.58 Å². The third-order valence-electron chi connectivity index (χ3n) is 3.46. The summed E-state index contributed by atoms with van der Waals surface area (Å²) < 4.78 is 22.3. The fourth-order valence-electron chi connectivity index (χ4n) is 2.48. The Morgan fingerprint density at radius 3 is 2.75 bits per heavy atom. The maximum atomic E-state index is 11.1. The maximum Gasteiger partial charge on any atom is 0.470 e. The molecule has 1 aliphatic heterocycles. The Bertz CT molecular complexity index is 835. The second-order valence-corrected chi connectivity index (χ2v) is 6.26. The Labute approximate surface area is 134 Å². The van der Waals surface area contributed by atoms with E-state index >= 15 is 0 Å². The summed E-state index contributed by atoms with van der Waals surface area (Å²) in [6.07, 6.45) is -3.22. The number of nitrogen functional groups attached to an aromatic ring is 1. The molecule has 1 saturated heterocycles. The van der Waals surface area contributed by atoms with Gasteiger partial charge >= 0.3 is 7.82 Å². The number of rotatable bonds is 4. The molecule has 0 aliphatic carbocycles. The van der Waals surface area contributed by atoms with Gasteiger partial charge in [-0.25, -0.2) is 19.5 Å². The average molecular weight is 359 g/mol. The SMILES string of the molecule is C=C(O)[C@H]1O[C@@H](n2cnc3c(N)ncnc32)[C@H](O)[C@@H]1OP(=O)(O)O. The van der Waals surface area contributed by atoms with E-state index in [0.29, 0.717) is 0 Å². The number of phosphoric ester groups is 1. The number of anilines is 1. The number of hydrogen-bond donors (Lipinski definition) is 5. The van der Waals surface area contributed by atoms with Crippen LogP contribution in [0.4, 0.5) is 5.82 Å². The summed E-state index contributed by atoms with van der Waals surface area (Å²) in [6, 6.07) is 0. The van der Waals surface area contributed by atoms with Crippen molar-refractivity contribution in [2.24, 2.45) is 0 Å². The van der Waals surface area contributed by atoms with Crippen molar-refractivity contribution in [2.45, 2.75) is 24.5 Å². The van der Waals surface area contributed by atoms with Crippen LogP contribution in [0.3, 0.4) is 0 Å². The lowest BCUT2D eigenvalue weighted by atomic mass is 10.1. The zero-order chi connectivity index (χ0) is 17.6. The Balaban J connectivity index is 2.00. The smallest absolute Gasteiger partial charge is 0.470 e. The summed E-state index contributed by atoms with van der Waals surface area (Å²) in [5, 5.41) is 19.9. The minimum Gasteiger partial charge on any atom is -0.510 e. The van der Waals surface area contributed by atoms with Gasteiger partial charge < -0.3 is 30.5 Å². The first-order valence-corrected chi connectivity index (χ1v) is 8.10. The molecule has 1 aliphatic rings. The number of aliphatic hydroxyl groups excluding tert-OH is 2. The highest BCUT2D eigenvalue weighted by Crippen LogP contribution is 2.45. The zero-order valence-corrected chi connectivity index (χ0v) is 12.9. The molecule has 2 aromatic heterocycles. The first-order valence-electron chi connectivity index (χ1n) is 6.57. The number of aliphatic hydroxyl groups is 2. The molecule has 2 aromatic rings. The molecular formula is C11H14N5O7P. The molecule has 3 rings (SSSR count). The van der Waals surface area contributed by atoms with Crippen LogP contribution < -0.4 is 5.73 Å². The molecule has 0 bridgehead atoms. The Morgan fingerprint density at radius 1 is 1.42 bits per heavy atom. The van der Waals surface area contributed by atoms with Gasteiger partial charge in [0, 0.05) is 0 Å². The average Bonchev–Trinajstić information content (AvgIpc) is 3.01. The molecule has 0 amide bonds. The number of ether oxygens (including phenoxy) is 1. The minimum absolute atomic E-state index is 0.109. The molecule has 0 saturated carbocycles. The largest absolute Gasteiger partial charge is 0.510 e. The lowest BCUT2D eigenvalue weighted by molar-refractivity contribution is -0.0338. The number of aromatic nitrogens is 4. The van der Waals surface area contributed by atoms with Gasteiger partial charge in [-0.05, 0) is 0 Å². The molecule has 0 aromatic carbocycles.